The number of aryl methyl sites for hydroxylation is 1. The monoisotopic (exact) mass is 342 g/mol. The summed E-state index contributed by atoms with van der Waals surface area (Å²) in [6.07, 6.45) is 0.739. The second-order valence-corrected chi connectivity index (χ2v) is 5.59. The third-order valence-electron chi connectivity index (χ3n) is 3.69. The fraction of sp³-hybridized carbons (Fsp3) is 0.263. The molecule has 3 N–H and O–H groups in total. The number of para-hydroxylation sites is 1. The molecule has 0 saturated carbocycles. The van der Waals surface area contributed by atoms with E-state index in [0.29, 0.717) is 12.5 Å². The Morgan fingerprint density at radius 1 is 1.12 bits per heavy atom. The number of halogens is 1. The lowest BCUT2D eigenvalue weighted by Gasteiger charge is -2.13. The number of hydrogen-bond acceptors (Lipinski definition) is 2. The van der Waals surface area contributed by atoms with Gasteiger partial charge in [0.15, 0.2) is 5.96 Å². The Balaban J connectivity index is 1.74. The maximum absolute atomic E-state index is 13.1. The smallest absolute Gasteiger partial charge is 0.243 e. The van der Waals surface area contributed by atoms with Crippen molar-refractivity contribution in [1.29, 1.82) is 0 Å². The minimum absolute atomic E-state index is 0.115. The molecule has 2 aromatic rings. The number of carbonyl (C=O) groups excluding carboxylic acids is 1. The molecule has 0 saturated heterocycles. The van der Waals surface area contributed by atoms with Crippen LogP contribution in [0, 0.1) is 12.7 Å². The highest BCUT2D eigenvalue weighted by Crippen LogP contribution is 2.10. The van der Waals surface area contributed by atoms with E-state index in [1.54, 1.807) is 13.1 Å². The average Bonchev–Trinajstić information content (AvgIpc) is 2.60. The molecule has 132 valence electrons. The number of carbonyl (C=O) groups is 1. The molecule has 0 heterocycles. The van der Waals surface area contributed by atoms with Crippen LogP contribution in [-0.2, 0) is 11.2 Å². The molecule has 1 amide bonds. The Morgan fingerprint density at radius 3 is 2.56 bits per heavy atom. The molecule has 0 bridgehead atoms. The Hall–Kier alpha value is -2.89. The van der Waals surface area contributed by atoms with Crippen LogP contribution in [0.3, 0.4) is 0 Å². The van der Waals surface area contributed by atoms with Crippen molar-refractivity contribution in [2.24, 2.45) is 4.99 Å². The number of benzene rings is 2. The van der Waals surface area contributed by atoms with Crippen LogP contribution in [0.25, 0.3) is 0 Å². The van der Waals surface area contributed by atoms with Gasteiger partial charge in [0.1, 0.15) is 5.82 Å². The van der Waals surface area contributed by atoms with Gasteiger partial charge >= 0.3 is 0 Å². The van der Waals surface area contributed by atoms with Gasteiger partial charge in [-0.1, -0.05) is 24.3 Å². The van der Waals surface area contributed by atoms with Gasteiger partial charge in [-0.05, 0) is 48.7 Å². The number of guanidine groups is 1. The molecular weight excluding hydrogens is 319 g/mol. The van der Waals surface area contributed by atoms with Gasteiger partial charge in [0, 0.05) is 19.3 Å². The van der Waals surface area contributed by atoms with E-state index in [1.807, 2.05) is 37.3 Å². The van der Waals surface area contributed by atoms with Crippen LogP contribution < -0.4 is 16.0 Å². The molecule has 0 aliphatic rings. The van der Waals surface area contributed by atoms with Crippen LogP contribution in [-0.4, -0.2) is 32.0 Å². The maximum atomic E-state index is 13.1. The molecule has 5 nitrogen and oxygen atoms in total. The Labute approximate surface area is 147 Å². The first-order valence-electron chi connectivity index (χ1n) is 8.13. The molecule has 0 aromatic heterocycles. The van der Waals surface area contributed by atoms with Crippen molar-refractivity contribution < 1.29 is 9.18 Å². The molecule has 25 heavy (non-hydrogen) atoms. The summed E-state index contributed by atoms with van der Waals surface area (Å²) in [6.45, 7) is 2.63. The normalized spacial score (nSPS) is 11.1. The molecule has 0 atom stereocenters. The highest BCUT2D eigenvalue weighted by molar-refractivity contribution is 5.94. The predicted octanol–water partition coefficient (Wildman–Crippen LogP) is 2.48. The minimum Gasteiger partial charge on any atom is -0.356 e. The molecule has 0 fully saturated rings. The van der Waals surface area contributed by atoms with Gasteiger partial charge < -0.3 is 16.0 Å². The summed E-state index contributed by atoms with van der Waals surface area (Å²) in [4.78, 5) is 16.0. The standard InChI is InChI=1S/C19H23FN4O/c1-14-12-16(20)9-8-15(14)10-11-22-19(21-2)23-13-18(25)24-17-6-4-3-5-7-17/h3-9,12H,10-11,13H2,1-2H3,(H,24,25)(H2,21,22,23). The van der Waals surface area contributed by atoms with Gasteiger partial charge in [0.2, 0.25) is 5.91 Å². The number of amides is 1. The van der Waals surface area contributed by atoms with Crippen LogP contribution in [0.15, 0.2) is 53.5 Å². The summed E-state index contributed by atoms with van der Waals surface area (Å²) in [5, 5.41) is 8.91. The first-order valence-corrected chi connectivity index (χ1v) is 8.13. The molecule has 6 heteroatoms. The lowest BCUT2D eigenvalue weighted by molar-refractivity contribution is -0.115. The van der Waals surface area contributed by atoms with Crippen molar-refractivity contribution in [2.45, 2.75) is 13.3 Å². The molecule has 2 aromatic carbocycles. The SMILES string of the molecule is CN=C(NCCc1ccc(F)cc1C)NCC(=O)Nc1ccccc1. The van der Waals surface area contributed by atoms with Crippen molar-refractivity contribution in [3.8, 4) is 0 Å². The van der Waals surface area contributed by atoms with Gasteiger partial charge in [0.25, 0.3) is 0 Å². The van der Waals surface area contributed by atoms with Crippen molar-refractivity contribution >= 4 is 17.6 Å². The molecule has 0 spiro atoms. The Kier molecular flexibility index (Phi) is 6.95. The number of nitrogens with zero attached hydrogens (tertiary/aromatic N) is 1. The summed E-state index contributed by atoms with van der Waals surface area (Å²) >= 11 is 0. The van der Waals surface area contributed by atoms with Crippen LogP contribution in [0.2, 0.25) is 0 Å². The van der Waals surface area contributed by atoms with Gasteiger partial charge in [-0.2, -0.15) is 0 Å². The maximum Gasteiger partial charge on any atom is 0.243 e. The van der Waals surface area contributed by atoms with E-state index in [2.05, 4.69) is 20.9 Å². The zero-order chi connectivity index (χ0) is 18.1. The summed E-state index contributed by atoms with van der Waals surface area (Å²) in [5.74, 6) is 0.169. The van der Waals surface area contributed by atoms with E-state index in [1.165, 1.54) is 12.1 Å². The largest absolute Gasteiger partial charge is 0.356 e. The molecule has 2 rings (SSSR count). The second-order valence-electron chi connectivity index (χ2n) is 5.59. The van der Waals surface area contributed by atoms with Gasteiger partial charge in [-0.25, -0.2) is 4.39 Å². The molecule has 0 aliphatic carbocycles. The quantitative estimate of drug-likeness (QED) is 0.558. The van der Waals surface area contributed by atoms with E-state index in [-0.39, 0.29) is 18.3 Å². The summed E-state index contributed by atoms with van der Waals surface area (Å²) in [7, 11) is 1.65. The first kappa shape index (κ1) is 18.4. The van der Waals surface area contributed by atoms with E-state index in [9.17, 15) is 9.18 Å². The van der Waals surface area contributed by atoms with Crippen molar-refractivity contribution in [3.05, 3.63) is 65.5 Å². The lowest BCUT2D eigenvalue weighted by Crippen LogP contribution is -2.42. The Bertz CT molecular complexity index is 731. The van der Waals surface area contributed by atoms with E-state index in [0.717, 1.165) is 23.2 Å². The number of rotatable bonds is 6. The predicted molar refractivity (Wildman–Crippen MR) is 99.3 cm³/mol. The average molecular weight is 342 g/mol. The highest BCUT2D eigenvalue weighted by atomic mass is 19.1. The first-order chi connectivity index (χ1) is 12.1. The van der Waals surface area contributed by atoms with Crippen molar-refractivity contribution in [2.75, 3.05) is 25.5 Å². The van der Waals surface area contributed by atoms with Crippen LogP contribution in [0.5, 0.6) is 0 Å². The lowest BCUT2D eigenvalue weighted by atomic mass is 10.1. The summed E-state index contributed by atoms with van der Waals surface area (Å²) < 4.78 is 13.1. The zero-order valence-corrected chi connectivity index (χ0v) is 14.5. The third-order valence-corrected chi connectivity index (χ3v) is 3.69. The van der Waals surface area contributed by atoms with Gasteiger partial charge in [0.05, 0.1) is 6.54 Å². The van der Waals surface area contributed by atoms with E-state index >= 15 is 0 Å². The van der Waals surface area contributed by atoms with E-state index in [4.69, 9.17) is 0 Å². The number of aliphatic imine (C=N–C) groups is 1. The minimum atomic E-state index is -0.226. The topological polar surface area (TPSA) is 65.5 Å². The van der Waals surface area contributed by atoms with Crippen molar-refractivity contribution in [3.63, 3.8) is 0 Å². The third kappa shape index (κ3) is 6.25. The number of hydrogen-bond donors (Lipinski definition) is 3. The van der Waals surface area contributed by atoms with Gasteiger partial charge in [-0.15, -0.1) is 0 Å². The van der Waals surface area contributed by atoms with Crippen LogP contribution in [0.1, 0.15) is 11.1 Å². The second kappa shape index (κ2) is 9.42. The van der Waals surface area contributed by atoms with Crippen LogP contribution >= 0.6 is 0 Å². The Morgan fingerprint density at radius 2 is 1.88 bits per heavy atom. The zero-order valence-electron chi connectivity index (χ0n) is 14.5. The highest BCUT2D eigenvalue weighted by Gasteiger charge is 2.05. The molecule has 0 unspecified atom stereocenters. The number of nitrogens with one attached hydrogen (secondary N) is 3. The molecule has 0 aliphatic heterocycles. The fourth-order valence-electron chi connectivity index (χ4n) is 2.37. The fourth-order valence-corrected chi connectivity index (χ4v) is 2.37. The van der Waals surface area contributed by atoms with E-state index < -0.39 is 0 Å². The summed E-state index contributed by atoms with van der Waals surface area (Å²) in [6, 6.07) is 14.0. The molecule has 0 radical (unpaired) electrons. The number of anilines is 1. The van der Waals surface area contributed by atoms with Gasteiger partial charge in [-0.3, -0.25) is 9.79 Å². The molecular formula is C19H23FN4O. The summed E-state index contributed by atoms with van der Waals surface area (Å²) in [5.41, 5.74) is 2.75. The van der Waals surface area contributed by atoms with Crippen molar-refractivity contribution in [1.82, 2.24) is 10.6 Å². The van der Waals surface area contributed by atoms with Crippen LogP contribution in [0.4, 0.5) is 10.1 Å².